The highest BCUT2D eigenvalue weighted by atomic mass is 19.4. The van der Waals surface area contributed by atoms with Crippen LogP contribution in [0.15, 0.2) is 24.3 Å². The van der Waals surface area contributed by atoms with E-state index in [0.29, 0.717) is 24.1 Å². The smallest absolute Gasteiger partial charge is 0.399 e. The fourth-order valence-corrected chi connectivity index (χ4v) is 2.19. The van der Waals surface area contributed by atoms with Gasteiger partial charge in [-0.3, -0.25) is 4.79 Å². The zero-order valence-electron chi connectivity index (χ0n) is 11.2. The number of hydrogen-bond donors (Lipinski definition) is 1. The van der Waals surface area contributed by atoms with E-state index in [1.807, 2.05) is 0 Å². The van der Waals surface area contributed by atoms with Crippen molar-refractivity contribution in [2.75, 3.05) is 12.3 Å². The summed E-state index contributed by atoms with van der Waals surface area (Å²) in [4.78, 5) is 13.3. The summed E-state index contributed by atoms with van der Waals surface area (Å²) in [6.07, 6.45) is -3.08. The van der Waals surface area contributed by atoms with Gasteiger partial charge in [0.1, 0.15) is 6.54 Å². The molecule has 0 saturated heterocycles. The van der Waals surface area contributed by atoms with Crippen LogP contribution in [0.2, 0.25) is 0 Å². The lowest BCUT2D eigenvalue weighted by atomic mass is 9.99. The Hall–Kier alpha value is -1.72. The molecule has 0 bridgehead atoms. The molecule has 1 aliphatic carbocycles. The average Bonchev–Trinajstić information content (AvgIpc) is 3.17. The van der Waals surface area contributed by atoms with Crippen molar-refractivity contribution in [2.45, 2.75) is 37.9 Å². The van der Waals surface area contributed by atoms with Gasteiger partial charge in [0.15, 0.2) is 0 Å². The Labute approximate surface area is 115 Å². The number of rotatable bonds is 4. The van der Waals surface area contributed by atoms with E-state index >= 15 is 0 Å². The molecule has 1 amide bonds. The Morgan fingerprint density at radius 1 is 1.45 bits per heavy atom. The van der Waals surface area contributed by atoms with E-state index in [1.54, 1.807) is 31.2 Å². The van der Waals surface area contributed by atoms with Gasteiger partial charge < -0.3 is 10.6 Å². The molecule has 3 nitrogen and oxygen atoms in total. The molecule has 1 unspecified atom stereocenters. The van der Waals surface area contributed by atoms with E-state index in [9.17, 15) is 18.0 Å². The summed E-state index contributed by atoms with van der Waals surface area (Å²) >= 11 is 0. The maximum Gasteiger partial charge on any atom is 0.406 e. The molecule has 1 aromatic rings. The third-order valence-corrected chi connectivity index (χ3v) is 3.40. The van der Waals surface area contributed by atoms with Crippen molar-refractivity contribution in [2.24, 2.45) is 0 Å². The van der Waals surface area contributed by atoms with Crippen LogP contribution < -0.4 is 5.73 Å². The normalized spacial score (nSPS) is 16.8. The minimum Gasteiger partial charge on any atom is -0.399 e. The van der Waals surface area contributed by atoms with E-state index < -0.39 is 24.5 Å². The number of nitrogens with zero attached hydrogens (tertiary/aromatic N) is 1. The topological polar surface area (TPSA) is 46.3 Å². The summed E-state index contributed by atoms with van der Waals surface area (Å²) in [5.41, 5.74) is 6.78. The molecule has 1 atom stereocenters. The first-order chi connectivity index (χ1) is 9.28. The number of anilines is 1. The molecule has 6 heteroatoms. The fourth-order valence-electron chi connectivity index (χ4n) is 2.19. The van der Waals surface area contributed by atoms with Crippen LogP contribution in [-0.2, 0) is 4.79 Å². The Balaban J connectivity index is 2.15. The van der Waals surface area contributed by atoms with Crippen LogP contribution in [0.4, 0.5) is 18.9 Å². The summed E-state index contributed by atoms with van der Waals surface area (Å²) in [5.74, 6) is -1.11. The molecule has 0 aliphatic heterocycles. The summed E-state index contributed by atoms with van der Waals surface area (Å²) < 4.78 is 37.7. The second-order valence-corrected chi connectivity index (χ2v) is 5.20. The summed E-state index contributed by atoms with van der Waals surface area (Å²) in [6.45, 7) is 0.437. The number of carbonyl (C=O) groups excluding carboxylic acids is 1. The molecule has 1 fully saturated rings. The van der Waals surface area contributed by atoms with Crippen molar-refractivity contribution in [3.05, 3.63) is 29.8 Å². The number of alkyl halides is 3. The van der Waals surface area contributed by atoms with E-state index in [-0.39, 0.29) is 6.04 Å². The summed E-state index contributed by atoms with van der Waals surface area (Å²) in [7, 11) is 0. The number of halogens is 3. The predicted octanol–water partition coefficient (Wildman–Crippen LogP) is 2.93. The molecule has 20 heavy (non-hydrogen) atoms. The van der Waals surface area contributed by atoms with Crippen LogP contribution in [0.5, 0.6) is 0 Å². The lowest BCUT2D eigenvalue weighted by Crippen LogP contribution is -2.42. The number of nitrogens with two attached hydrogens (primary N) is 1. The van der Waals surface area contributed by atoms with Gasteiger partial charge in [-0.1, -0.05) is 12.1 Å². The van der Waals surface area contributed by atoms with Crippen LogP contribution >= 0.6 is 0 Å². The predicted molar refractivity (Wildman–Crippen MR) is 70.1 cm³/mol. The van der Waals surface area contributed by atoms with Gasteiger partial charge in [0, 0.05) is 11.7 Å². The summed E-state index contributed by atoms with van der Waals surface area (Å²) in [5, 5.41) is 0. The van der Waals surface area contributed by atoms with E-state index in [1.165, 1.54) is 0 Å². The van der Waals surface area contributed by atoms with Gasteiger partial charge in [-0.15, -0.1) is 0 Å². The van der Waals surface area contributed by atoms with Gasteiger partial charge in [0.05, 0.1) is 5.92 Å². The number of amides is 1. The lowest BCUT2D eigenvalue weighted by Gasteiger charge is -2.27. The van der Waals surface area contributed by atoms with Crippen molar-refractivity contribution in [3.63, 3.8) is 0 Å². The third kappa shape index (κ3) is 3.65. The molecule has 1 aliphatic rings. The first kappa shape index (κ1) is 14.7. The van der Waals surface area contributed by atoms with Gasteiger partial charge in [-0.2, -0.15) is 13.2 Å². The Kier molecular flexibility index (Phi) is 3.92. The van der Waals surface area contributed by atoms with E-state index in [2.05, 4.69) is 0 Å². The number of hydrogen-bond acceptors (Lipinski definition) is 2. The first-order valence-corrected chi connectivity index (χ1v) is 6.50. The number of benzene rings is 1. The quantitative estimate of drug-likeness (QED) is 0.865. The fraction of sp³-hybridized carbons (Fsp3) is 0.500. The summed E-state index contributed by atoms with van der Waals surface area (Å²) in [6, 6.07) is 6.43. The molecular formula is C14H17F3N2O. The molecule has 0 spiro atoms. The molecule has 1 aromatic carbocycles. The van der Waals surface area contributed by atoms with Gasteiger partial charge in [-0.05, 0) is 37.5 Å². The number of nitrogen functional groups attached to an aromatic ring is 1. The molecule has 2 N–H and O–H groups in total. The lowest BCUT2D eigenvalue weighted by molar-refractivity contribution is -0.163. The van der Waals surface area contributed by atoms with E-state index in [4.69, 9.17) is 5.73 Å². The minimum atomic E-state index is -4.37. The van der Waals surface area contributed by atoms with E-state index in [0.717, 1.165) is 4.90 Å². The van der Waals surface area contributed by atoms with Crippen molar-refractivity contribution in [1.82, 2.24) is 4.90 Å². The third-order valence-electron chi connectivity index (χ3n) is 3.40. The van der Waals surface area contributed by atoms with Gasteiger partial charge in [-0.25, -0.2) is 0 Å². The van der Waals surface area contributed by atoms with Crippen LogP contribution in [0.3, 0.4) is 0 Å². The minimum absolute atomic E-state index is 0.271. The highest BCUT2D eigenvalue weighted by Gasteiger charge is 2.41. The molecule has 0 radical (unpaired) electrons. The zero-order valence-corrected chi connectivity index (χ0v) is 11.2. The molecular weight excluding hydrogens is 269 g/mol. The zero-order chi connectivity index (χ0) is 14.9. The molecule has 110 valence electrons. The SMILES string of the molecule is CC(C(=O)N(CC(F)(F)F)C1CC1)c1cccc(N)c1. The second kappa shape index (κ2) is 5.34. The van der Waals surface area contributed by atoms with Crippen molar-refractivity contribution < 1.29 is 18.0 Å². The van der Waals surface area contributed by atoms with Crippen molar-refractivity contribution >= 4 is 11.6 Å². The Bertz CT molecular complexity index is 497. The van der Waals surface area contributed by atoms with Crippen LogP contribution in [0, 0.1) is 0 Å². The maximum absolute atomic E-state index is 12.6. The average molecular weight is 286 g/mol. The monoisotopic (exact) mass is 286 g/mol. The van der Waals surface area contributed by atoms with Crippen LogP contribution in [0.25, 0.3) is 0 Å². The maximum atomic E-state index is 12.6. The molecule has 0 aromatic heterocycles. The molecule has 1 saturated carbocycles. The highest BCUT2D eigenvalue weighted by Crippen LogP contribution is 2.33. The largest absolute Gasteiger partial charge is 0.406 e. The van der Waals surface area contributed by atoms with Crippen molar-refractivity contribution in [1.29, 1.82) is 0 Å². The molecule has 2 rings (SSSR count). The number of carbonyl (C=O) groups is 1. The molecule has 0 heterocycles. The van der Waals surface area contributed by atoms with Crippen LogP contribution in [0.1, 0.15) is 31.2 Å². The Morgan fingerprint density at radius 2 is 2.10 bits per heavy atom. The van der Waals surface area contributed by atoms with Gasteiger partial charge in [0.2, 0.25) is 5.91 Å². The van der Waals surface area contributed by atoms with Crippen LogP contribution in [-0.4, -0.2) is 29.6 Å². The Morgan fingerprint density at radius 3 is 2.60 bits per heavy atom. The van der Waals surface area contributed by atoms with Gasteiger partial charge in [0.25, 0.3) is 0 Å². The first-order valence-electron chi connectivity index (χ1n) is 6.50. The van der Waals surface area contributed by atoms with Gasteiger partial charge >= 0.3 is 6.18 Å². The second-order valence-electron chi connectivity index (χ2n) is 5.20. The van der Waals surface area contributed by atoms with Crippen molar-refractivity contribution in [3.8, 4) is 0 Å². The standard InChI is InChI=1S/C14H17F3N2O/c1-9(10-3-2-4-11(18)7-10)13(20)19(12-5-6-12)8-14(15,16)17/h2-4,7,9,12H,5-6,8,18H2,1H3. The highest BCUT2D eigenvalue weighted by molar-refractivity contribution is 5.84.